The second-order valence-corrected chi connectivity index (χ2v) is 6.95. The van der Waals surface area contributed by atoms with E-state index in [4.69, 9.17) is 9.47 Å². The minimum absolute atomic E-state index is 0.0537. The van der Waals surface area contributed by atoms with Crippen LogP contribution in [0.2, 0.25) is 0 Å². The normalized spacial score (nSPS) is 11.5. The van der Waals surface area contributed by atoms with E-state index in [0.717, 1.165) is 11.6 Å². The van der Waals surface area contributed by atoms with E-state index in [-0.39, 0.29) is 11.4 Å². The van der Waals surface area contributed by atoms with Crippen molar-refractivity contribution >= 4 is 10.0 Å². The average Bonchev–Trinajstić information content (AvgIpc) is 2.56. The Bertz CT molecular complexity index is 776. The van der Waals surface area contributed by atoms with Crippen LogP contribution in [-0.4, -0.2) is 28.7 Å². The molecule has 0 radical (unpaired) electrons. The smallest absolute Gasteiger partial charge is 0.241 e. The van der Waals surface area contributed by atoms with E-state index in [1.54, 1.807) is 38.3 Å². The van der Waals surface area contributed by atoms with Crippen LogP contribution in [0.5, 0.6) is 5.75 Å². The van der Waals surface area contributed by atoms with Crippen molar-refractivity contribution in [3.63, 3.8) is 0 Å². The van der Waals surface area contributed by atoms with Crippen molar-refractivity contribution < 1.29 is 22.3 Å². The molecular weight excluding hydrogens is 333 g/mol. The molecule has 0 aromatic heterocycles. The van der Waals surface area contributed by atoms with E-state index in [9.17, 15) is 12.8 Å². The fourth-order valence-electron chi connectivity index (χ4n) is 2.07. The van der Waals surface area contributed by atoms with Gasteiger partial charge in [0.1, 0.15) is 18.2 Å². The van der Waals surface area contributed by atoms with Gasteiger partial charge in [-0.05, 0) is 42.3 Å². The van der Waals surface area contributed by atoms with E-state index in [1.807, 2.05) is 0 Å². The van der Waals surface area contributed by atoms with E-state index >= 15 is 0 Å². The molecule has 0 aliphatic rings. The van der Waals surface area contributed by atoms with Gasteiger partial charge in [-0.2, -0.15) is 0 Å². The van der Waals surface area contributed by atoms with Crippen molar-refractivity contribution in [2.75, 3.05) is 20.3 Å². The van der Waals surface area contributed by atoms with Crippen LogP contribution in [-0.2, 0) is 21.3 Å². The molecule has 0 bridgehead atoms. The molecule has 130 valence electrons. The molecule has 0 spiro atoms. The molecule has 0 aliphatic heterocycles. The SMILES string of the molecule is COCCOc1ccc(CNS(=O)(=O)c2cc(F)ccc2C)cc1. The first-order valence-electron chi connectivity index (χ1n) is 7.39. The molecule has 24 heavy (non-hydrogen) atoms. The molecule has 1 N–H and O–H groups in total. The largest absolute Gasteiger partial charge is 0.491 e. The Morgan fingerprint density at radius 1 is 1.08 bits per heavy atom. The molecule has 7 heteroatoms. The van der Waals surface area contributed by atoms with E-state index < -0.39 is 15.8 Å². The number of halogens is 1. The van der Waals surface area contributed by atoms with Crippen molar-refractivity contribution in [3.8, 4) is 5.75 Å². The summed E-state index contributed by atoms with van der Waals surface area (Å²) in [5, 5.41) is 0. The number of ether oxygens (including phenoxy) is 2. The van der Waals surface area contributed by atoms with Gasteiger partial charge in [-0.25, -0.2) is 17.5 Å². The lowest BCUT2D eigenvalue weighted by atomic mass is 10.2. The summed E-state index contributed by atoms with van der Waals surface area (Å²) in [6.07, 6.45) is 0. The molecule has 0 saturated heterocycles. The Balaban J connectivity index is 2.00. The molecule has 0 aliphatic carbocycles. The lowest BCUT2D eigenvalue weighted by Crippen LogP contribution is -2.24. The minimum atomic E-state index is -3.78. The zero-order chi connectivity index (χ0) is 17.6. The third-order valence-corrected chi connectivity index (χ3v) is 4.93. The van der Waals surface area contributed by atoms with Gasteiger partial charge in [-0.15, -0.1) is 0 Å². The lowest BCUT2D eigenvalue weighted by Gasteiger charge is -2.10. The molecule has 0 unspecified atom stereocenters. The van der Waals surface area contributed by atoms with Gasteiger partial charge in [0.2, 0.25) is 10.0 Å². The second kappa shape index (κ2) is 8.23. The Hall–Kier alpha value is -1.96. The molecule has 2 aromatic rings. The highest BCUT2D eigenvalue weighted by Gasteiger charge is 2.17. The number of rotatable bonds is 8. The fourth-order valence-corrected chi connectivity index (χ4v) is 3.34. The summed E-state index contributed by atoms with van der Waals surface area (Å²) < 4.78 is 50.7. The Morgan fingerprint density at radius 2 is 1.79 bits per heavy atom. The zero-order valence-electron chi connectivity index (χ0n) is 13.6. The predicted octanol–water partition coefficient (Wildman–Crippen LogP) is 2.64. The summed E-state index contributed by atoms with van der Waals surface area (Å²) in [4.78, 5) is -0.0537. The molecular formula is C17H20FNO4S. The van der Waals surface area contributed by atoms with Crippen molar-refractivity contribution in [2.45, 2.75) is 18.4 Å². The van der Waals surface area contributed by atoms with E-state index in [1.165, 1.54) is 12.1 Å². The topological polar surface area (TPSA) is 64.6 Å². The standard InChI is InChI=1S/C17H20FNO4S/c1-13-3-6-15(18)11-17(13)24(20,21)19-12-14-4-7-16(8-5-14)23-10-9-22-2/h3-8,11,19H,9-10,12H2,1-2H3. The van der Waals surface area contributed by atoms with Crippen LogP contribution >= 0.6 is 0 Å². The van der Waals surface area contributed by atoms with Crippen molar-refractivity contribution in [3.05, 3.63) is 59.4 Å². The number of aryl methyl sites for hydroxylation is 1. The second-order valence-electron chi connectivity index (χ2n) is 5.22. The Labute approximate surface area is 141 Å². The molecule has 0 atom stereocenters. The van der Waals surface area contributed by atoms with Gasteiger partial charge in [0, 0.05) is 13.7 Å². The maximum Gasteiger partial charge on any atom is 0.241 e. The predicted molar refractivity (Wildman–Crippen MR) is 89.0 cm³/mol. The highest BCUT2D eigenvalue weighted by atomic mass is 32.2. The maximum atomic E-state index is 13.3. The molecule has 2 aromatic carbocycles. The van der Waals surface area contributed by atoms with Crippen LogP contribution in [0.3, 0.4) is 0 Å². The first kappa shape index (κ1) is 18.4. The third-order valence-electron chi connectivity index (χ3n) is 3.39. The van der Waals surface area contributed by atoms with Gasteiger partial charge in [0.15, 0.2) is 0 Å². The van der Waals surface area contributed by atoms with Crippen molar-refractivity contribution in [1.82, 2.24) is 4.72 Å². The number of hydrogen-bond acceptors (Lipinski definition) is 4. The molecule has 0 amide bonds. The zero-order valence-corrected chi connectivity index (χ0v) is 14.4. The summed E-state index contributed by atoms with van der Waals surface area (Å²) in [6, 6.07) is 10.7. The fraction of sp³-hybridized carbons (Fsp3) is 0.294. The van der Waals surface area contributed by atoms with Gasteiger partial charge < -0.3 is 9.47 Å². The molecule has 0 heterocycles. The number of nitrogens with one attached hydrogen (secondary N) is 1. The first-order chi connectivity index (χ1) is 11.4. The van der Waals surface area contributed by atoms with Gasteiger partial charge in [0.25, 0.3) is 0 Å². The molecule has 2 rings (SSSR count). The summed E-state index contributed by atoms with van der Waals surface area (Å²) in [6.45, 7) is 2.67. The van der Waals surface area contributed by atoms with Crippen LogP contribution in [0.15, 0.2) is 47.4 Å². The van der Waals surface area contributed by atoms with Crippen LogP contribution < -0.4 is 9.46 Å². The first-order valence-corrected chi connectivity index (χ1v) is 8.87. The lowest BCUT2D eigenvalue weighted by molar-refractivity contribution is 0.146. The van der Waals surface area contributed by atoms with Gasteiger partial charge in [0.05, 0.1) is 11.5 Å². The highest BCUT2D eigenvalue weighted by molar-refractivity contribution is 7.89. The third kappa shape index (κ3) is 5.02. The van der Waals surface area contributed by atoms with Gasteiger partial charge in [-0.1, -0.05) is 18.2 Å². The number of benzene rings is 2. The van der Waals surface area contributed by atoms with Crippen LogP contribution in [0.4, 0.5) is 4.39 Å². The van der Waals surface area contributed by atoms with Gasteiger partial charge >= 0.3 is 0 Å². The molecule has 0 saturated carbocycles. The minimum Gasteiger partial charge on any atom is -0.491 e. The van der Waals surface area contributed by atoms with E-state index in [2.05, 4.69) is 4.72 Å². The average molecular weight is 353 g/mol. The molecule has 0 fully saturated rings. The maximum absolute atomic E-state index is 13.3. The van der Waals surface area contributed by atoms with Crippen LogP contribution in [0.1, 0.15) is 11.1 Å². The Morgan fingerprint density at radius 3 is 2.46 bits per heavy atom. The number of hydrogen-bond donors (Lipinski definition) is 1. The monoisotopic (exact) mass is 353 g/mol. The quantitative estimate of drug-likeness (QED) is 0.741. The summed E-state index contributed by atoms with van der Waals surface area (Å²) in [7, 11) is -2.18. The van der Waals surface area contributed by atoms with Gasteiger partial charge in [-0.3, -0.25) is 0 Å². The van der Waals surface area contributed by atoms with Crippen LogP contribution in [0, 0.1) is 12.7 Å². The summed E-state index contributed by atoms with van der Waals surface area (Å²) in [5.41, 5.74) is 1.26. The number of methoxy groups -OCH3 is 1. The van der Waals surface area contributed by atoms with Crippen molar-refractivity contribution in [2.24, 2.45) is 0 Å². The van der Waals surface area contributed by atoms with Crippen molar-refractivity contribution in [1.29, 1.82) is 0 Å². The Kier molecular flexibility index (Phi) is 6.30. The summed E-state index contributed by atoms with van der Waals surface area (Å²) in [5.74, 6) is 0.0955. The number of sulfonamides is 1. The van der Waals surface area contributed by atoms with E-state index in [0.29, 0.717) is 24.5 Å². The summed E-state index contributed by atoms with van der Waals surface area (Å²) >= 11 is 0. The molecule has 5 nitrogen and oxygen atoms in total. The highest BCUT2D eigenvalue weighted by Crippen LogP contribution is 2.17. The van der Waals surface area contributed by atoms with Crippen LogP contribution in [0.25, 0.3) is 0 Å².